The normalized spacial score (nSPS) is 9.67. The zero-order valence-electron chi connectivity index (χ0n) is 10.5. The number of carbonyl (C=O) groups excluding carboxylic acids is 1. The predicted octanol–water partition coefficient (Wildman–Crippen LogP) is 2.17. The SMILES string of the molecule is CC(=O)NCCCN(C)c1ccc(Cl)cc1C#N. The third-order valence-corrected chi connectivity index (χ3v) is 2.77. The van der Waals surface area contributed by atoms with Crippen LogP contribution in [0.1, 0.15) is 18.9 Å². The number of hydrogen-bond donors (Lipinski definition) is 1. The van der Waals surface area contributed by atoms with Crippen LogP contribution in [0.25, 0.3) is 0 Å². The van der Waals surface area contributed by atoms with E-state index < -0.39 is 0 Å². The van der Waals surface area contributed by atoms with Crippen LogP contribution in [0.15, 0.2) is 18.2 Å². The third-order valence-electron chi connectivity index (χ3n) is 2.53. The second-order valence-corrected chi connectivity index (χ2v) is 4.47. The Kier molecular flexibility index (Phi) is 5.47. The van der Waals surface area contributed by atoms with Crippen molar-refractivity contribution in [1.82, 2.24) is 5.32 Å². The van der Waals surface area contributed by atoms with Crippen LogP contribution >= 0.6 is 11.6 Å². The summed E-state index contributed by atoms with van der Waals surface area (Å²) in [7, 11) is 1.91. The lowest BCUT2D eigenvalue weighted by Gasteiger charge is -2.20. The molecule has 0 spiro atoms. The molecule has 1 aromatic rings. The first kappa shape index (κ1) is 14.3. The molecule has 0 saturated heterocycles. The predicted molar refractivity (Wildman–Crippen MR) is 72.7 cm³/mol. The molecule has 0 aliphatic heterocycles. The zero-order valence-corrected chi connectivity index (χ0v) is 11.3. The van der Waals surface area contributed by atoms with Crippen LogP contribution in [-0.4, -0.2) is 26.0 Å². The molecule has 1 amide bonds. The highest BCUT2D eigenvalue weighted by molar-refractivity contribution is 6.30. The minimum Gasteiger partial charge on any atom is -0.373 e. The number of nitrogens with one attached hydrogen (secondary N) is 1. The van der Waals surface area contributed by atoms with E-state index in [9.17, 15) is 4.79 Å². The van der Waals surface area contributed by atoms with Gasteiger partial charge in [-0.2, -0.15) is 5.26 Å². The van der Waals surface area contributed by atoms with Gasteiger partial charge in [-0.25, -0.2) is 0 Å². The Balaban J connectivity index is 2.59. The number of amides is 1. The van der Waals surface area contributed by atoms with Crippen LogP contribution < -0.4 is 10.2 Å². The number of carbonyl (C=O) groups is 1. The zero-order chi connectivity index (χ0) is 13.5. The number of rotatable bonds is 5. The fourth-order valence-corrected chi connectivity index (χ4v) is 1.80. The van der Waals surface area contributed by atoms with Crippen molar-refractivity contribution >= 4 is 23.2 Å². The summed E-state index contributed by atoms with van der Waals surface area (Å²) in [6.07, 6.45) is 0.823. The van der Waals surface area contributed by atoms with Gasteiger partial charge in [-0.05, 0) is 24.6 Å². The summed E-state index contributed by atoms with van der Waals surface area (Å²) in [5.41, 5.74) is 1.41. The Morgan fingerprint density at radius 3 is 2.89 bits per heavy atom. The molecule has 0 radical (unpaired) electrons. The van der Waals surface area contributed by atoms with Gasteiger partial charge in [0.05, 0.1) is 11.3 Å². The number of benzene rings is 1. The van der Waals surface area contributed by atoms with Crippen LogP contribution in [0.4, 0.5) is 5.69 Å². The van der Waals surface area contributed by atoms with E-state index in [1.807, 2.05) is 18.0 Å². The lowest BCUT2D eigenvalue weighted by Crippen LogP contribution is -2.26. The Labute approximate surface area is 112 Å². The topological polar surface area (TPSA) is 56.1 Å². The second-order valence-electron chi connectivity index (χ2n) is 4.03. The molecule has 0 aromatic heterocycles. The summed E-state index contributed by atoms with van der Waals surface area (Å²) >= 11 is 5.84. The number of anilines is 1. The number of nitrogens with zero attached hydrogens (tertiary/aromatic N) is 2. The first-order valence-corrected chi connectivity index (χ1v) is 6.07. The van der Waals surface area contributed by atoms with E-state index in [1.54, 1.807) is 12.1 Å². The molecule has 1 rings (SSSR count). The maximum atomic E-state index is 10.7. The number of halogens is 1. The summed E-state index contributed by atoms with van der Waals surface area (Å²) in [4.78, 5) is 12.7. The monoisotopic (exact) mass is 265 g/mol. The highest BCUT2D eigenvalue weighted by atomic mass is 35.5. The largest absolute Gasteiger partial charge is 0.373 e. The first-order chi connectivity index (χ1) is 8.54. The van der Waals surface area contributed by atoms with Crippen molar-refractivity contribution in [3.05, 3.63) is 28.8 Å². The molecular weight excluding hydrogens is 250 g/mol. The molecule has 1 N–H and O–H groups in total. The summed E-state index contributed by atoms with van der Waals surface area (Å²) in [6, 6.07) is 7.38. The number of hydrogen-bond acceptors (Lipinski definition) is 3. The maximum absolute atomic E-state index is 10.7. The van der Waals surface area contributed by atoms with Gasteiger partial charge in [-0.1, -0.05) is 11.6 Å². The Bertz CT molecular complexity index is 468. The molecule has 0 saturated carbocycles. The average molecular weight is 266 g/mol. The molecule has 0 aliphatic carbocycles. The van der Waals surface area contributed by atoms with Gasteiger partial charge in [0.15, 0.2) is 0 Å². The minimum absolute atomic E-state index is 0.0261. The van der Waals surface area contributed by atoms with Crippen LogP contribution in [0.3, 0.4) is 0 Å². The Morgan fingerprint density at radius 2 is 2.28 bits per heavy atom. The van der Waals surface area contributed by atoms with Gasteiger partial charge in [0, 0.05) is 32.1 Å². The fraction of sp³-hybridized carbons (Fsp3) is 0.385. The van der Waals surface area contributed by atoms with Gasteiger partial charge in [0.25, 0.3) is 0 Å². The number of nitriles is 1. The van der Waals surface area contributed by atoms with E-state index in [0.717, 1.165) is 18.7 Å². The van der Waals surface area contributed by atoms with E-state index in [-0.39, 0.29) is 5.91 Å². The third kappa shape index (κ3) is 4.27. The first-order valence-electron chi connectivity index (χ1n) is 5.70. The van der Waals surface area contributed by atoms with Crippen LogP contribution in [-0.2, 0) is 4.79 Å². The lowest BCUT2D eigenvalue weighted by atomic mass is 10.1. The molecule has 0 unspecified atom stereocenters. The molecule has 4 nitrogen and oxygen atoms in total. The van der Waals surface area contributed by atoms with Gasteiger partial charge in [0.1, 0.15) is 6.07 Å². The van der Waals surface area contributed by atoms with Crippen LogP contribution in [0.5, 0.6) is 0 Å². The van der Waals surface area contributed by atoms with Crippen molar-refractivity contribution in [1.29, 1.82) is 5.26 Å². The van der Waals surface area contributed by atoms with Crippen molar-refractivity contribution in [2.45, 2.75) is 13.3 Å². The lowest BCUT2D eigenvalue weighted by molar-refractivity contribution is -0.118. The maximum Gasteiger partial charge on any atom is 0.216 e. The molecule has 1 aromatic carbocycles. The Morgan fingerprint density at radius 1 is 1.56 bits per heavy atom. The molecule has 0 aliphatic rings. The summed E-state index contributed by atoms with van der Waals surface area (Å²) in [5.74, 6) is -0.0261. The molecule has 0 heterocycles. The Hall–Kier alpha value is -1.73. The van der Waals surface area contributed by atoms with E-state index in [1.165, 1.54) is 6.92 Å². The van der Waals surface area contributed by atoms with Gasteiger partial charge in [-0.3, -0.25) is 4.79 Å². The molecule has 0 bridgehead atoms. The van der Waals surface area contributed by atoms with E-state index >= 15 is 0 Å². The molecule has 0 fully saturated rings. The van der Waals surface area contributed by atoms with Crippen LogP contribution in [0, 0.1) is 11.3 Å². The van der Waals surface area contributed by atoms with Gasteiger partial charge < -0.3 is 10.2 Å². The molecule has 18 heavy (non-hydrogen) atoms. The quantitative estimate of drug-likeness (QED) is 0.830. The van der Waals surface area contributed by atoms with Crippen molar-refractivity contribution in [2.24, 2.45) is 0 Å². The van der Waals surface area contributed by atoms with E-state index in [4.69, 9.17) is 16.9 Å². The highest BCUT2D eigenvalue weighted by Gasteiger charge is 2.07. The summed E-state index contributed by atoms with van der Waals surface area (Å²) in [6.45, 7) is 2.89. The van der Waals surface area contributed by atoms with E-state index in [0.29, 0.717) is 17.1 Å². The van der Waals surface area contributed by atoms with Crippen molar-refractivity contribution in [2.75, 3.05) is 25.0 Å². The molecule has 0 atom stereocenters. The van der Waals surface area contributed by atoms with Crippen LogP contribution in [0.2, 0.25) is 5.02 Å². The van der Waals surface area contributed by atoms with Gasteiger partial charge in [0.2, 0.25) is 5.91 Å². The van der Waals surface area contributed by atoms with E-state index in [2.05, 4.69) is 11.4 Å². The van der Waals surface area contributed by atoms with Crippen molar-refractivity contribution in [3.8, 4) is 6.07 Å². The molecule has 96 valence electrons. The standard InChI is InChI=1S/C13H16ClN3O/c1-10(18)16-6-3-7-17(2)13-5-4-12(14)8-11(13)9-15/h4-5,8H,3,6-7H2,1-2H3,(H,16,18). The fourth-order valence-electron chi connectivity index (χ4n) is 1.63. The smallest absolute Gasteiger partial charge is 0.216 e. The summed E-state index contributed by atoms with van der Waals surface area (Å²) < 4.78 is 0. The summed E-state index contributed by atoms with van der Waals surface area (Å²) in [5, 5.41) is 12.3. The van der Waals surface area contributed by atoms with Crippen molar-refractivity contribution < 1.29 is 4.79 Å². The molecule has 5 heteroatoms. The van der Waals surface area contributed by atoms with Gasteiger partial charge in [-0.15, -0.1) is 0 Å². The van der Waals surface area contributed by atoms with Crippen molar-refractivity contribution in [3.63, 3.8) is 0 Å². The highest BCUT2D eigenvalue weighted by Crippen LogP contribution is 2.22. The minimum atomic E-state index is -0.0261. The average Bonchev–Trinajstić information content (AvgIpc) is 2.33. The second kappa shape index (κ2) is 6.87. The molecular formula is C13H16ClN3O. The van der Waals surface area contributed by atoms with Gasteiger partial charge >= 0.3 is 0 Å².